The van der Waals surface area contributed by atoms with Gasteiger partial charge < -0.3 is 15.2 Å². The van der Waals surface area contributed by atoms with E-state index in [1.165, 1.54) is 0 Å². The Morgan fingerprint density at radius 1 is 1.26 bits per heavy atom. The summed E-state index contributed by atoms with van der Waals surface area (Å²) in [7, 11) is 1.65. The molecule has 1 aliphatic rings. The maximum absolute atomic E-state index is 9.83. The monoisotopic (exact) mass is 360 g/mol. The maximum Gasteiger partial charge on any atom is 0.244 e. The molecule has 0 radical (unpaired) electrons. The van der Waals surface area contributed by atoms with E-state index in [9.17, 15) is 5.26 Å². The van der Waals surface area contributed by atoms with Crippen LogP contribution in [0.5, 0.6) is 11.6 Å². The van der Waals surface area contributed by atoms with E-state index < -0.39 is 0 Å². The number of hydrogen-bond donors (Lipinski definition) is 2. The van der Waals surface area contributed by atoms with E-state index in [1.54, 1.807) is 7.11 Å². The SMILES string of the molecule is CCCc1[nH]nc2c1C(c1ccc(OC)c3ccccc13)C(C#N)=C(N)O2. The molecule has 1 aromatic heterocycles. The third-order valence-corrected chi connectivity index (χ3v) is 4.97. The van der Waals surface area contributed by atoms with Gasteiger partial charge in [0.2, 0.25) is 11.8 Å². The van der Waals surface area contributed by atoms with Crippen LogP contribution in [-0.4, -0.2) is 17.3 Å². The van der Waals surface area contributed by atoms with Crippen molar-refractivity contribution in [2.24, 2.45) is 5.73 Å². The molecular formula is C21H20N4O2. The first-order chi connectivity index (χ1) is 13.2. The number of nitrogens with zero attached hydrogens (tertiary/aromatic N) is 2. The second-order valence-corrected chi connectivity index (χ2v) is 6.50. The smallest absolute Gasteiger partial charge is 0.244 e. The van der Waals surface area contributed by atoms with Crippen molar-refractivity contribution in [2.75, 3.05) is 7.11 Å². The molecule has 4 rings (SSSR count). The number of aromatic amines is 1. The van der Waals surface area contributed by atoms with Gasteiger partial charge in [0.15, 0.2) is 0 Å². The Morgan fingerprint density at radius 3 is 2.74 bits per heavy atom. The fraction of sp³-hybridized carbons (Fsp3) is 0.238. The van der Waals surface area contributed by atoms with Crippen LogP contribution in [0.2, 0.25) is 0 Å². The first-order valence-electron chi connectivity index (χ1n) is 8.89. The second-order valence-electron chi connectivity index (χ2n) is 6.50. The number of aromatic nitrogens is 2. The molecular weight excluding hydrogens is 340 g/mol. The number of hydrogen-bond acceptors (Lipinski definition) is 5. The van der Waals surface area contributed by atoms with E-state index in [4.69, 9.17) is 15.2 Å². The Morgan fingerprint density at radius 2 is 2.04 bits per heavy atom. The maximum atomic E-state index is 9.83. The van der Waals surface area contributed by atoms with Crippen LogP contribution in [0, 0.1) is 11.3 Å². The number of H-pyrrole nitrogens is 1. The quantitative estimate of drug-likeness (QED) is 0.739. The molecule has 0 fully saturated rings. The predicted octanol–water partition coefficient (Wildman–Crippen LogP) is 3.74. The highest BCUT2D eigenvalue weighted by molar-refractivity contribution is 5.92. The molecule has 0 spiro atoms. The van der Waals surface area contributed by atoms with Crippen LogP contribution in [0.3, 0.4) is 0 Å². The lowest BCUT2D eigenvalue weighted by Crippen LogP contribution is -2.21. The van der Waals surface area contributed by atoms with Crippen LogP contribution in [0.1, 0.15) is 36.1 Å². The Hall–Kier alpha value is -3.46. The van der Waals surface area contributed by atoms with E-state index in [2.05, 4.69) is 23.2 Å². The van der Waals surface area contributed by atoms with Crippen molar-refractivity contribution < 1.29 is 9.47 Å². The zero-order valence-electron chi connectivity index (χ0n) is 15.2. The van der Waals surface area contributed by atoms with Gasteiger partial charge in [-0.1, -0.05) is 43.7 Å². The van der Waals surface area contributed by atoms with E-state index in [0.717, 1.165) is 46.2 Å². The van der Waals surface area contributed by atoms with Gasteiger partial charge in [0.05, 0.1) is 13.0 Å². The summed E-state index contributed by atoms with van der Waals surface area (Å²) in [5.41, 5.74) is 9.31. The molecule has 0 saturated carbocycles. The Balaban J connectivity index is 2.02. The number of benzene rings is 2. The van der Waals surface area contributed by atoms with Gasteiger partial charge in [-0.05, 0) is 23.4 Å². The molecule has 6 heteroatoms. The van der Waals surface area contributed by atoms with Gasteiger partial charge in [0.1, 0.15) is 17.4 Å². The molecule has 2 heterocycles. The largest absolute Gasteiger partial charge is 0.496 e. The van der Waals surface area contributed by atoms with E-state index in [1.807, 2.05) is 36.4 Å². The van der Waals surface area contributed by atoms with Crippen LogP contribution in [0.15, 0.2) is 47.9 Å². The summed E-state index contributed by atoms with van der Waals surface area (Å²) in [5, 5.41) is 19.2. The van der Waals surface area contributed by atoms with Crippen molar-refractivity contribution in [2.45, 2.75) is 25.7 Å². The highest BCUT2D eigenvalue weighted by Gasteiger charge is 2.35. The number of allylic oxidation sites excluding steroid dienone is 1. The Bertz CT molecular complexity index is 1090. The minimum Gasteiger partial charge on any atom is -0.496 e. The summed E-state index contributed by atoms with van der Waals surface area (Å²) in [6.45, 7) is 2.10. The van der Waals surface area contributed by atoms with Crippen molar-refractivity contribution in [1.82, 2.24) is 10.2 Å². The molecule has 0 saturated heterocycles. The molecule has 2 aromatic carbocycles. The summed E-state index contributed by atoms with van der Waals surface area (Å²) < 4.78 is 11.2. The molecule has 6 nitrogen and oxygen atoms in total. The third-order valence-electron chi connectivity index (χ3n) is 4.97. The topological polar surface area (TPSA) is 97.0 Å². The Labute approximate surface area is 157 Å². The van der Waals surface area contributed by atoms with Crippen LogP contribution in [-0.2, 0) is 6.42 Å². The summed E-state index contributed by atoms with van der Waals surface area (Å²) in [6, 6.07) is 14.2. The van der Waals surface area contributed by atoms with Gasteiger partial charge in [0, 0.05) is 16.6 Å². The average Bonchev–Trinajstić information content (AvgIpc) is 3.08. The fourth-order valence-corrected chi connectivity index (χ4v) is 3.78. The zero-order valence-corrected chi connectivity index (χ0v) is 15.2. The number of methoxy groups -OCH3 is 1. The van der Waals surface area contributed by atoms with Crippen molar-refractivity contribution in [1.29, 1.82) is 5.26 Å². The summed E-state index contributed by atoms with van der Waals surface area (Å²) >= 11 is 0. The Kier molecular flexibility index (Phi) is 4.21. The molecule has 1 unspecified atom stereocenters. The van der Waals surface area contributed by atoms with Gasteiger partial charge in [-0.25, -0.2) is 0 Å². The number of nitrogens with one attached hydrogen (secondary N) is 1. The van der Waals surface area contributed by atoms with Crippen molar-refractivity contribution in [3.8, 4) is 17.7 Å². The number of nitrogens with two attached hydrogens (primary N) is 1. The first-order valence-corrected chi connectivity index (χ1v) is 8.89. The van der Waals surface area contributed by atoms with Gasteiger partial charge in [-0.2, -0.15) is 5.26 Å². The molecule has 3 aromatic rings. The lowest BCUT2D eigenvalue weighted by molar-refractivity contribution is 0.379. The molecule has 3 N–H and O–H groups in total. The van der Waals surface area contributed by atoms with Crippen LogP contribution >= 0.6 is 0 Å². The fourth-order valence-electron chi connectivity index (χ4n) is 3.78. The van der Waals surface area contributed by atoms with E-state index in [-0.39, 0.29) is 11.8 Å². The standard InChI is InChI=1S/C21H20N4O2/c1-3-6-16-19-18(15(11-22)20(23)27-21(19)25-24-16)14-9-10-17(26-2)13-8-5-4-7-12(13)14/h4-5,7-10,18H,3,6,23H2,1-2H3,(H,24,25). The summed E-state index contributed by atoms with van der Waals surface area (Å²) in [5.74, 6) is 0.997. The zero-order chi connectivity index (χ0) is 19.0. The summed E-state index contributed by atoms with van der Waals surface area (Å²) in [4.78, 5) is 0. The van der Waals surface area contributed by atoms with Gasteiger partial charge >= 0.3 is 0 Å². The molecule has 27 heavy (non-hydrogen) atoms. The van der Waals surface area contributed by atoms with Crippen LogP contribution in [0.25, 0.3) is 10.8 Å². The normalized spacial score (nSPS) is 16.0. The number of ether oxygens (including phenoxy) is 2. The number of nitriles is 1. The number of fused-ring (bicyclic) bond motifs is 2. The molecule has 0 aliphatic carbocycles. The lowest BCUT2D eigenvalue weighted by Gasteiger charge is -2.25. The molecule has 1 atom stereocenters. The lowest BCUT2D eigenvalue weighted by atomic mass is 9.81. The third kappa shape index (κ3) is 2.59. The van der Waals surface area contributed by atoms with Crippen LogP contribution < -0.4 is 15.2 Å². The minimum atomic E-state index is -0.338. The van der Waals surface area contributed by atoms with Crippen molar-refractivity contribution in [3.05, 3.63) is 64.7 Å². The van der Waals surface area contributed by atoms with Crippen molar-refractivity contribution in [3.63, 3.8) is 0 Å². The molecule has 136 valence electrons. The van der Waals surface area contributed by atoms with Gasteiger partial charge in [0.25, 0.3) is 0 Å². The average molecular weight is 360 g/mol. The van der Waals surface area contributed by atoms with Crippen LogP contribution in [0.4, 0.5) is 0 Å². The highest BCUT2D eigenvalue weighted by atomic mass is 16.5. The van der Waals surface area contributed by atoms with Crippen molar-refractivity contribution >= 4 is 10.8 Å². The van der Waals surface area contributed by atoms with E-state index in [0.29, 0.717) is 11.5 Å². The van der Waals surface area contributed by atoms with Gasteiger partial charge in [-0.15, -0.1) is 5.10 Å². The molecule has 0 bridgehead atoms. The minimum absolute atomic E-state index is 0.101. The predicted molar refractivity (Wildman–Crippen MR) is 102 cm³/mol. The highest BCUT2D eigenvalue weighted by Crippen LogP contribution is 2.46. The van der Waals surface area contributed by atoms with Gasteiger partial charge in [-0.3, -0.25) is 5.10 Å². The number of rotatable bonds is 4. The molecule has 1 aliphatic heterocycles. The number of aryl methyl sites for hydroxylation is 1. The molecule has 0 amide bonds. The summed E-state index contributed by atoms with van der Waals surface area (Å²) in [6.07, 6.45) is 1.76. The second kappa shape index (κ2) is 6.69. The first kappa shape index (κ1) is 17.0. The van der Waals surface area contributed by atoms with E-state index >= 15 is 0 Å².